The molecule has 0 radical (unpaired) electrons. The van der Waals surface area contributed by atoms with Gasteiger partial charge in [0.15, 0.2) is 0 Å². The monoisotopic (exact) mass is 269 g/mol. The van der Waals surface area contributed by atoms with E-state index in [1.807, 2.05) is 6.07 Å². The molecule has 8 nitrogen and oxygen atoms in total. The van der Waals surface area contributed by atoms with Crippen molar-refractivity contribution in [3.05, 3.63) is 0 Å². The minimum atomic E-state index is -4.96. The van der Waals surface area contributed by atoms with E-state index in [1.165, 1.54) is 4.90 Å². The Hall–Kier alpha value is -0.370. The van der Waals surface area contributed by atoms with E-state index in [2.05, 4.69) is 4.28 Å². The minimum absolute atomic E-state index is 0. The van der Waals surface area contributed by atoms with E-state index >= 15 is 0 Å². The Bertz CT molecular complexity index is 461. The summed E-state index contributed by atoms with van der Waals surface area (Å²) in [5, 5.41) is 9.32. The molecule has 2 rings (SSSR count). The Labute approximate surface area is 120 Å². The molecule has 0 aromatic carbocycles. The van der Waals surface area contributed by atoms with Crippen LogP contribution in [0.5, 0.6) is 0 Å². The van der Waals surface area contributed by atoms with Crippen LogP contribution >= 0.6 is 0 Å². The van der Waals surface area contributed by atoms with Gasteiger partial charge in [-0.3, -0.25) is 0 Å². The Balaban J connectivity index is 0.00000144. The van der Waals surface area contributed by atoms with E-state index in [-0.39, 0.29) is 36.1 Å². The van der Waals surface area contributed by atoms with Crippen molar-refractivity contribution in [1.29, 1.82) is 5.26 Å². The molecule has 17 heavy (non-hydrogen) atoms. The van der Waals surface area contributed by atoms with Crippen molar-refractivity contribution in [2.45, 2.75) is 24.9 Å². The Morgan fingerprint density at radius 2 is 2.12 bits per heavy atom. The molecule has 2 fully saturated rings. The number of fused-ring (bicyclic) bond motifs is 2. The molecule has 0 unspecified atom stereocenters. The largest absolute Gasteiger partial charge is 1.00 e. The number of nitrogens with zero attached hydrogens (tertiary/aromatic N) is 3. The number of urea groups is 1. The number of amides is 2. The average Bonchev–Trinajstić information content (AvgIpc) is 2.43. The third kappa shape index (κ3) is 2.90. The van der Waals surface area contributed by atoms with Crippen LogP contribution in [-0.2, 0) is 14.7 Å². The van der Waals surface area contributed by atoms with Crippen LogP contribution in [-0.4, -0.2) is 47.6 Å². The van der Waals surface area contributed by atoms with E-state index < -0.39 is 28.5 Å². The summed E-state index contributed by atoms with van der Waals surface area (Å²) < 4.78 is 35.3. The van der Waals surface area contributed by atoms with Crippen LogP contribution in [0.15, 0.2) is 0 Å². The van der Waals surface area contributed by atoms with Crippen molar-refractivity contribution in [2.75, 3.05) is 6.54 Å². The number of rotatable bonds is 2. The molecule has 10 heteroatoms. The number of piperidine rings is 1. The number of carbonyl (C=O) groups excluding carboxylic acids is 1. The summed E-state index contributed by atoms with van der Waals surface area (Å²) in [6.07, 6.45) is 0.891. The Kier molecular flexibility index (Phi) is 4.40. The van der Waals surface area contributed by atoms with Gasteiger partial charge in [0, 0.05) is 6.54 Å². The molecule has 0 aromatic heterocycles. The number of hydrogen-bond donors (Lipinski definition) is 0. The van der Waals surface area contributed by atoms with Crippen LogP contribution in [0, 0.1) is 11.3 Å². The van der Waals surface area contributed by atoms with E-state index in [0.29, 0.717) is 17.9 Å². The summed E-state index contributed by atoms with van der Waals surface area (Å²) in [5.74, 6) is 0. The smallest absolute Gasteiger partial charge is 0.724 e. The molecule has 2 saturated heterocycles. The summed E-state index contributed by atoms with van der Waals surface area (Å²) in [7, 11) is -4.96. The predicted octanol–water partition coefficient (Wildman–Crippen LogP) is -3.83. The van der Waals surface area contributed by atoms with Crippen LogP contribution in [0.1, 0.15) is 12.8 Å². The van der Waals surface area contributed by atoms with Crippen LogP contribution in [0.2, 0.25) is 0 Å². The summed E-state index contributed by atoms with van der Waals surface area (Å²) in [6, 6.07) is 0.150. The van der Waals surface area contributed by atoms with Gasteiger partial charge in [0.2, 0.25) is 10.4 Å². The zero-order chi connectivity index (χ0) is 11.9. The molecule has 0 spiro atoms. The second kappa shape index (κ2) is 5.09. The van der Waals surface area contributed by atoms with Crippen LogP contribution in [0.3, 0.4) is 0 Å². The normalized spacial score (nSPS) is 27.6. The summed E-state index contributed by atoms with van der Waals surface area (Å²) in [5.41, 5.74) is 0. The van der Waals surface area contributed by atoms with Crippen molar-refractivity contribution in [3.8, 4) is 6.07 Å². The van der Waals surface area contributed by atoms with Gasteiger partial charge in [0.05, 0.1) is 12.1 Å². The van der Waals surface area contributed by atoms with Gasteiger partial charge in [0.25, 0.3) is 0 Å². The third-order valence-electron chi connectivity index (χ3n) is 2.64. The predicted molar refractivity (Wildman–Crippen MR) is 47.1 cm³/mol. The van der Waals surface area contributed by atoms with E-state index in [9.17, 15) is 17.8 Å². The maximum Gasteiger partial charge on any atom is 1.00 e. The Morgan fingerprint density at radius 3 is 2.65 bits per heavy atom. The number of carbonyl (C=O) groups is 1. The standard InChI is InChI=1S/C7H9N3O5S.Na/c8-3-5-1-2-6-4-9(5)7(11)10(6)15-16(12,13)14;/h5-6H,1-2,4H2,(H,12,13,14);/q;+1/p-1/t5-,6+;/m0./s1. The van der Waals surface area contributed by atoms with E-state index in [1.54, 1.807) is 0 Å². The van der Waals surface area contributed by atoms with Crippen LogP contribution in [0.4, 0.5) is 4.79 Å². The zero-order valence-electron chi connectivity index (χ0n) is 9.07. The average molecular weight is 269 g/mol. The summed E-state index contributed by atoms with van der Waals surface area (Å²) in [4.78, 5) is 12.8. The number of hydrogen-bond acceptors (Lipinski definition) is 6. The maximum absolute atomic E-state index is 11.6. The minimum Gasteiger partial charge on any atom is -0.724 e. The van der Waals surface area contributed by atoms with Gasteiger partial charge in [-0.2, -0.15) is 14.6 Å². The van der Waals surface area contributed by atoms with E-state index in [0.717, 1.165) is 0 Å². The molecule has 0 aliphatic carbocycles. The van der Waals surface area contributed by atoms with Gasteiger partial charge in [-0.15, -0.1) is 0 Å². The second-order valence-corrected chi connectivity index (χ2v) is 4.59. The fourth-order valence-electron chi connectivity index (χ4n) is 1.96. The molecular weight excluding hydrogens is 261 g/mol. The van der Waals surface area contributed by atoms with Crippen molar-refractivity contribution in [2.24, 2.45) is 0 Å². The first kappa shape index (κ1) is 14.7. The summed E-state index contributed by atoms with van der Waals surface area (Å²) >= 11 is 0. The fraction of sp³-hybridized carbons (Fsp3) is 0.714. The molecule has 0 aromatic rings. The van der Waals surface area contributed by atoms with Crippen molar-refractivity contribution in [1.82, 2.24) is 9.96 Å². The molecule has 2 aliphatic heterocycles. The Morgan fingerprint density at radius 1 is 1.47 bits per heavy atom. The molecule has 2 amide bonds. The molecule has 2 bridgehead atoms. The fourth-order valence-corrected chi connectivity index (χ4v) is 2.34. The quantitative estimate of drug-likeness (QED) is 0.288. The van der Waals surface area contributed by atoms with Crippen molar-refractivity contribution < 1.29 is 51.6 Å². The first-order valence-electron chi connectivity index (χ1n) is 4.57. The molecule has 2 atom stereocenters. The SMILES string of the molecule is N#C[C@@H]1CC[C@@H]2CN1C(=O)N2OS(=O)(=O)[O-].[Na+]. The molecule has 2 aliphatic rings. The van der Waals surface area contributed by atoms with Crippen LogP contribution in [0.25, 0.3) is 0 Å². The van der Waals surface area contributed by atoms with Gasteiger partial charge < -0.3 is 9.45 Å². The molecule has 2 heterocycles. The van der Waals surface area contributed by atoms with Gasteiger partial charge >= 0.3 is 35.6 Å². The molecule has 0 N–H and O–H groups in total. The second-order valence-electron chi connectivity index (χ2n) is 3.62. The third-order valence-corrected chi connectivity index (χ3v) is 2.99. The van der Waals surface area contributed by atoms with Gasteiger partial charge in [-0.05, 0) is 12.8 Å². The number of hydroxylamine groups is 2. The van der Waals surface area contributed by atoms with Gasteiger partial charge in [-0.25, -0.2) is 13.2 Å². The van der Waals surface area contributed by atoms with Gasteiger partial charge in [0.1, 0.15) is 6.04 Å². The molecule has 88 valence electrons. The number of nitriles is 1. The van der Waals surface area contributed by atoms with Crippen LogP contribution < -0.4 is 29.6 Å². The first-order chi connectivity index (χ1) is 7.42. The molecule has 0 saturated carbocycles. The zero-order valence-corrected chi connectivity index (χ0v) is 11.9. The maximum atomic E-state index is 11.6. The van der Waals surface area contributed by atoms with Crippen molar-refractivity contribution in [3.63, 3.8) is 0 Å². The van der Waals surface area contributed by atoms with Gasteiger partial charge in [-0.1, -0.05) is 0 Å². The van der Waals surface area contributed by atoms with E-state index in [4.69, 9.17) is 5.26 Å². The molecular formula is C7H8N3NaO5S. The first-order valence-corrected chi connectivity index (χ1v) is 5.90. The summed E-state index contributed by atoms with van der Waals surface area (Å²) in [6.45, 7) is 0.215. The van der Waals surface area contributed by atoms with Crippen molar-refractivity contribution >= 4 is 16.4 Å². The topological polar surface area (TPSA) is 114 Å².